The Morgan fingerprint density at radius 3 is 2.75 bits per heavy atom. The molecule has 0 aliphatic carbocycles. The predicted molar refractivity (Wildman–Crippen MR) is 81.0 cm³/mol. The van der Waals surface area contributed by atoms with E-state index in [1.807, 2.05) is 24.3 Å². The van der Waals surface area contributed by atoms with Crippen LogP contribution in [0.25, 0.3) is 10.9 Å². The number of hydrogen-bond donors (Lipinski definition) is 0. The Morgan fingerprint density at radius 1 is 1.10 bits per heavy atom. The Labute approximate surface area is 117 Å². The lowest BCUT2D eigenvalue weighted by atomic mass is 10.1. The third-order valence-corrected chi connectivity index (χ3v) is 3.58. The fourth-order valence-corrected chi connectivity index (χ4v) is 2.37. The van der Waals surface area contributed by atoms with E-state index < -0.39 is 0 Å². The fraction of sp³-hybridized carbons (Fsp3) is 0.176. The SMILES string of the molecule is Cc1ccc(C)c(Cn2cnc3ccccc3c2=O)c1. The zero-order chi connectivity index (χ0) is 14.1. The van der Waals surface area contributed by atoms with Crippen LogP contribution in [0.1, 0.15) is 16.7 Å². The van der Waals surface area contributed by atoms with E-state index in [-0.39, 0.29) is 5.56 Å². The summed E-state index contributed by atoms with van der Waals surface area (Å²) < 4.78 is 1.67. The van der Waals surface area contributed by atoms with Crippen LogP contribution >= 0.6 is 0 Å². The third-order valence-electron chi connectivity index (χ3n) is 3.58. The van der Waals surface area contributed by atoms with Crippen molar-refractivity contribution < 1.29 is 0 Å². The molecule has 0 spiro atoms. The summed E-state index contributed by atoms with van der Waals surface area (Å²) >= 11 is 0. The monoisotopic (exact) mass is 264 g/mol. The van der Waals surface area contributed by atoms with Gasteiger partial charge in [-0.05, 0) is 37.1 Å². The topological polar surface area (TPSA) is 34.9 Å². The number of para-hydroxylation sites is 1. The van der Waals surface area contributed by atoms with E-state index in [0.717, 1.165) is 11.1 Å². The molecule has 3 rings (SSSR count). The lowest BCUT2D eigenvalue weighted by Crippen LogP contribution is -2.21. The molecule has 0 saturated heterocycles. The minimum absolute atomic E-state index is 0.0107. The molecule has 3 aromatic rings. The van der Waals surface area contributed by atoms with Crippen LogP contribution in [0.4, 0.5) is 0 Å². The van der Waals surface area contributed by atoms with E-state index >= 15 is 0 Å². The van der Waals surface area contributed by atoms with Gasteiger partial charge in [0.2, 0.25) is 0 Å². The molecule has 0 fully saturated rings. The molecule has 3 heteroatoms. The van der Waals surface area contributed by atoms with Gasteiger partial charge in [-0.15, -0.1) is 0 Å². The van der Waals surface area contributed by atoms with E-state index in [0.29, 0.717) is 11.9 Å². The van der Waals surface area contributed by atoms with E-state index in [1.165, 1.54) is 11.1 Å². The smallest absolute Gasteiger partial charge is 0.261 e. The second-order valence-electron chi connectivity index (χ2n) is 5.12. The zero-order valence-corrected chi connectivity index (χ0v) is 11.6. The van der Waals surface area contributed by atoms with Crippen LogP contribution in [0.2, 0.25) is 0 Å². The van der Waals surface area contributed by atoms with Crippen molar-refractivity contribution in [2.75, 3.05) is 0 Å². The van der Waals surface area contributed by atoms with E-state index in [9.17, 15) is 4.79 Å². The second-order valence-corrected chi connectivity index (χ2v) is 5.12. The number of benzene rings is 2. The maximum absolute atomic E-state index is 12.5. The summed E-state index contributed by atoms with van der Waals surface area (Å²) in [6.45, 7) is 4.68. The summed E-state index contributed by atoms with van der Waals surface area (Å²) in [5, 5.41) is 0.667. The molecule has 0 aliphatic rings. The molecule has 2 aromatic carbocycles. The van der Waals surface area contributed by atoms with Crippen LogP contribution in [0.15, 0.2) is 53.6 Å². The maximum Gasteiger partial charge on any atom is 0.261 e. The first-order valence-electron chi connectivity index (χ1n) is 6.65. The summed E-state index contributed by atoms with van der Waals surface area (Å²) in [6.07, 6.45) is 1.63. The zero-order valence-electron chi connectivity index (χ0n) is 11.6. The first-order chi connectivity index (χ1) is 9.65. The maximum atomic E-state index is 12.5. The number of hydrogen-bond acceptors (Lipinski definition) is 2. The molecular formula is C17H16N2O. The van der Waals surface area contributed by atoms with Crippen LogP contribution in [0, 0.1) is 13.8 Å². The van der Waals surface area contributed by atoms with Crippen molar-refractivity contribution in [3.8, 4) is 0 Å². The highest BCUT2D eigenvalue weighted by Crippen LogP contribution is 2.12. The number of nitrogens with zero attached hydrogens (tertiary/aromatic N) is 2. The van der Waals surface area contributed by atoms with Gasteiger partial charge in [-0.2, -0.15) is 0 Å². The first-order valence-corrected chi connectivity index (χ1v) is 6.65. The molecule has 0 bridgehead atoms. The highest BCUT2D eigenvalue weighted by Gasteiger charge is 2.05. The molecule has 0 amide bonds. The Bertz CT molecular complexity index is 834. The van der Waals surface area contributed by atoms with Gasteiger partial charge in [0.15, 0.2) is 0 Å². The molecule has 0 atom stereocenters. The van der Waals surface area contributed by atoms with Crippen molar-refractivity contribution in [2.45, 2.75) is 20.4 Å². The Morgan fingerprint density at radius 2 is 1.90 bits per heavy atom. The highest BCUT2D eigenvalue weighted by molar-refractivity contribution is 5.76. The van der Waals surface area contributed by atoms with E-state index in [2.05, 4.69) is 37.0 Å². The van der Waals surface area contributed by atoms with Crippen molar-refractivity contribution in [3.63, 3.8) is 0 Å². The van der Waals surface area contributed by atoms with Crippen molar-refractivity contribution in [3.05, 3.63) is 75.8 Å². The van der Waals surface area contributed by atoms with Gasteiger partial charge in [0.05, 0.1) is 23.8 Å². The lowest BCUT2D eigenvalue weighted by Gasteiger charge is -2.10. The van der Waals surface area contributed by atoms with Gasteiger partial charge in [0.25, 0.3) is 5.56 Å². The van der Waals surface area contributed by atoms with Gasteiger partial charge in [-0.3, -0.25) is 9.36 Å². The third kappa shape index (κ3) is 2.23. The van der Waals surface area contributed by atoms with Gasteiger partial charge >= 0.3 is 0 Å². The van der Waals surface area contributed by atoms with Crippen LogP contribution in [0.3, 0.4) is 0 Å². The number of fused-ring (bicyclic) bond motifs is 1. The van der Waals surface area contributed by atoms with E-state index in [4.69, 9.17) is 0 Å². The largest absolute Gasteiger partial charge is 0.294 e. The second kappa shape index (κ2) is 4.93. The lowest BCUT2D eigenvalue weighted by molar-refractivity contribution is 0.744. The number of aryl methyl sites for hydroxylation is 2. The summed E-state index contributed by atoms with van der Waals surface area (Å²) in [7, 11) is 0. The first kappa shape index (κ1) is 12.6. The van der Waals surface area contributed by atoms with Crippen LogP contribution in [-0.2, 0) is 6.54 Å². The highest BCUT2D eigenvalue weighted by atomic mass is 16.1. The molecule has 3 nitrogen and oxygen atoms in total. The Balaban J connectivity index is 2.09. The van der Waals surface area contributed by atoms with Crippen molar-refractivity contribution >= 4 is 10.9 Å². The van der Waals surface area contributed by atoms with Gasteiger partial charge in [-0.25, -0.2) is 4.98 Å². The van der Waals surface area contributed by atoms with Gasteiger partial charge < -0.3 is 0 Å². The summed E-state index contributed by atoms with van der Waals surface area (Å²) in [5.74, 6) is 0. The minimum atomic E-state index is 0.0107. The fourth-order valence-electron chi connectivity index (χ4n) is 2.37. The summed E-state index contributed by atoms with van der Waals surface area (Å²) in [4.78, 5) is 16.8. The van der Waals surface area contributed by atoms with Crippen molar-refractivity contribution in [1.82, 2.24) is 9.55 Å². The minimum Gasteiger partial charge on any atom is -0.294 e. The van der Waals surface area contributed by atoms with Gasteiger partial charge in [0, 0.05) is 0 Å². The predicted octanol–water partition coefficient (Wildman–Crippen LogP) is 3.06. The summed E-state index contributed by atoms with van der Waals surface area (Å²) in [5.41, 5.74) is 4.30. The molecule has 0 saturated carbocycles. The quantitative estimate of drug-likeness (QED) is 0.713. The number of rotatable bonds is 2. The molecule has 1 heterocycles. The van der Waals surface area contributed by atoms with Crippen molar-refractivity contribution in [1.29, 1.82) is 0 Å². The molecule has 0 radical (unpaired) electrons. The molecule has 0 aliphatic heterocycles. The average Bonchev–Trinajstić information content (AvgIpc) is 2.46. The molecule has 0 unspecified atom stereocenters. The molecule has 0 N–H and O–H groups in total. The van der Waals surface area contributed by atoms with Crippen LogP contribution in [0.5, 0.6) is 0 Å². The standard InChI is InChI=1S/C17H16N2O/c1-12-7-8-13(2)14(9-12)10-19-11-18-16-6-4-3-5-15(16)17(19)20/h3-9,11H,10H2,1-2H3. The van der Waals surface area contributed by atoms with E-state index in [1.54, 1.807) is 10.9 Å². The molecule has 1 aromatic heterocycles. The Kier molecular flexibility index (Phi) is 3.11. The normalized spacial score (nSPS) is 10.9. The van der Waals surface area contributed by atoms with Crippen molar-refractivity contribution in [2.24, 2.45) is 0 Å². The van der Waals surface area contributed by atoms with Gasteiger partial charge in [-0.1, -0.05) is 35.9 Å². The van der Waals surface area contributed by atoms with Crippen LogP contribution in [-0.4, -0.2) is 9.55 Å². The summed E-state index contributed by atoms with van der Waals surface area (Å²) in [6, 6.07) is 13.7. The number of aromatic nitrogens is 2. The molecular weight excluding hydrogens is 248 g/mol. The molecule has 100 valence electrons. The molecule has 20 heavy (non-hydrogen) atoms. The van der Waals surface area contributed by atoms with Crippen LogP contribution < -0.4 is 5.56 Å². The Hall–Kier alpha value is -2.42. The van der Waals surface area contributed by atoms with Gasteiger partial charge in [0.1, 0.15) is 0 Å². The average molecular weight is 264 g/mol.